The van der Waals surface area contributed by atoms with Gasteiger partial charge in [-0.15, -0.1) is 10.2 Å². The van der Waals surface area contributed by atoms with Gasteiger partial charge in [0.2, 0.25) is 5.89 Å². The van der Waals surface area contributed by atoms with Crippen molar-refractivity contribution in [3.8, 4) is 11.5 Å². The number of aryl methyl sites for hydroxylation is 1. The molecule has 1 saturated heterocycles. The van der Waals surface area contributed by atoms with Gasteiger partial charge >= 0.3 is 0 Å². The Hall–Kier alpha value is -1.79. The second kappa shape index (κ2) is 5.68. The third-order valence-corrected chi connectivity index (χ3v) is 3.39. The van der Waals surface area contributed by atoms with Gasteiger partial charge in [0, 0.05) is 26.2 Å². The monoisotopic (exact) mass is 276 g/mol. The van der Waals surface area contributed by atoms with Crippen molar-refractivity contribution in [2.75, 3.05) is 26.2 Å². The molecular weight excluding hydrogens is 259 g/mol. The molecule has 0 unspecified atom stereocenters. The molecule has 1 N–H and O–H groups in total. The van der Waals surface area contributed by atoms with Crippen LogP contribution in [0.5, 0.6) is 0 Å². The van der Waals surface area contributed by atoms with E-state index in [4.69, 9.17) is 4.42 Å². The first-order chi connectivity index (χ1) is 9.72. The first-order valence-electron chi connectivity index (χ1n) is 6.74. The van der Waals surface area contributed by atoms with Crippen molar-refractivity contribution < 1.29 is 8.81 Å². The fourth-order valence-electron chi connectivity index (χ4n) is 2.29. The number of hydrogen-bond donors (Lipinski definition) is 1. The van der Waals surface area contributed by atoms with Crippen LogP contribution >= 0.6 is 0 Å². The number of piperazine rings is 1. The molecule has 0 bridgehead atoms. The highest BCUT2D eigenvalue weighted by Gasteiger charge is 2.16. The number of rotatable bonds is 3. The molecule has 6 heteroatoms. The summed E-state index contributed by atoms with van der Waals surface area (Å²) in [6.45, 7) is 6.36. The van der Waals surface area contributed by atoms with Gasteiger partial charge in [0.25, 0.3) is 5.89 Å². The highest BCUT2D eigenvalue weighted by molar-refractivity contribution is 5.54. The molecule has 1 aliphatic rings. The summed E-state index contributed by atoms with van der Waals surface area (Å²) >= 11 is 0. The fourth-order valence-corrected chi connectivity index (χ4v) is 2.29. The molecular formula is C14H17FN4O. The molecule has 0 spiro atoms. The molecule has 0 aliphatic carbocycles. The molecule has 1 fully saturated rings. The number of nitrogens with one attached hydrogen (secondary N) is 1. The molecule has 1 aliphatic heterocycles. The summed E-state index contributed by atoms with van der Waals surface area (Å²) in [5.41, 5.74) is 1.33. The van der Waals surface area contributed by atoms with Crippen molar-refractivity contribution in [1.82, 2.24) is 20.4 Å². The minimum absolute atomic E-state index is 0.247. The van der Waals surface area contributed by atoms with Crippen LogP contribution in [0.4, 0.5) is 4.39 Å². The second-order valence-electron chi connectivity index (χ2n) is 5.01. The predicted molar refractivity (Wildman–Crippen MR) is 72.6 cm³/mol. The van der Waals surface area contributed by atoms with Crippen molar-refractivity contribution in [3.05, 3.63) is 35.5 Å². The molecule has 0 atom stereocenters. The van der Waals surface area contributed by atoms with Crippen LogP contribution in [-0.4, -0.2) is 41.3 Å². The van der Waals surface area contributed by atoms with Gasteiger partial charge in [-0.25, -0.2) is 4.39 Å². The Kier molecular flexibility index (Phi) is 3.75. The third-order valence-electron chi connectivity index (χ3n) is 3.39. The van der Waals surface area contributed by atoms with E-state index in [9.17, 15) is 4.39 Å². The summed E-state index contributed by atoms with van der Waals surface area (Å²) in [5.74, 6) is 0.437. The molecule has 2 heterocycles. The summed E-state index contributed by atoms with van der Waals surface area (Å²) in [6.07, 6.45) is 0. The van der Waals surface area contributed by atoms with Gasteiger partial charge in [0.05, 0.1) is 12.1 Å². The number of nitrogens with zero attached hydrogens (tertiary/aromatic N) is 3. The van der Waals surface area contributed by atoms with E-state index in [-0.39, 0.29) is 11.7 Å². The lowest BCUT2D eigenvalue weighted by Gasteiger charge is -2.25. The second-order valence-corrected chi connectivity index (χ2v) is 5.01. The van der Waals surface area contributed by atoms with Crippen LogP contribution < -0.4 is 5.32 Å². The maximum atomic E-state index is 13.8. The number of hydrogen-bond acceptors (Lipinski definition) is 5. The molecule has 2 aromatic rings. The molecule has 1 aromatic carbocycles. The van der Waals surface area contributed by atoms with Crippen LogP contribution in [0.15, 0.2) is 22.6 Å². The van der Waals surface area contributed by atoms with Gasteiger partial charge in [-0.05, 0) is 19.1 Å². The largest absolute Gasteiger partial charge is 0.419 e. The normalized spacial score (nSPS) is 16.5. The lowest BCUT2D eigenvalue weighted by Crippen LogP contribution is -2.42. The van der Waals surface area contributed by atoms with Crippen LogP contribution in [0.3, 0.4) is 0 Å². The molecule has 0 amide bonds. The molecule has 0 radical (unpaired) electrons. The topological polar surface area (TPSA) is 54.2 Å². The SMILES string of the molecule is Cc1ccc(F)c(-c2nnc(CN3CCNCC3)o2)c1. The summed E-state index contributed by atoms with van der Waals surface area (Å²) in [4.78, 5) is 2.24. The summed E-state index contributed by atoms with van der Waals surface area (Å²) in [7, 11) is 0. The van der Waals surface area contributed by atoms with Gasteiger partial charge in [-0.1, -0.05) is 11.6 Å². The molecule has 1 aromatic heterocycles. The van der Waals surface area contributed by atoms with Gasteiger partial charge in [0.15, 0.2) is 0 Å². The predicted octanol–water partition coefficient (Wildman–Crippen LogP) is 1.59. The minimum Gasteiger partial charge on any atom is -0.419 e. The van der Waals surface area contributed by atoms with Crippen molar-refractivity contribution in [2.45, 2.75) is 13.5 Å². The number of benzene rings is 1. The fraction of sp³-hybridized carbons (Fsp3) is 0.429. The maximum absolute atomic E-state index is 13.8. The average Bonchev–Trinajstić information content (AvgIpc) is 2.91. The average molecular weight is 276 g/mol. The van der Waals surface area contributed by atoms with Crippen molar-refractivity contribution in [1.29, 1.82) is 0 Å². The van der Waals surface area contributed by atoms with Crippen LogP contribution in [0.2, 0.25) is 0 Å². The quantitative estimate of drug-likeness (QED) is 0.922. The van der Waals surface area contributed by atoms with Crippen molar-refractivity contribution in [2.24, 2.45) is 0 Å². The third kappa shape index (κ3) is 2.86. The Morgan fingerprint density at radius 2 is 2.10 bits per heavy atom. The van der Waals surface area contributed by atoms with E-state index in [2.05, 4.69) is 20.4 Å². The van der Waals surface area contributed by atoms with Crippen molar-refractivity contribution >= 4 is 0 Å². The number of aromatic nitrogens is 2. The zero-order valence-corrected chi connectivity index (χ0v) is 11.4. The van der Waals surface area contributed by atoms with Crippen LogP contribution in [0.25, 0.3) is 11.5 Å². The molecule has 20 heavy (non-hydrogen) atoms. The summed E-state index contributed by atoms with van der Waals surface area (Å²) in [5, 5.41) is 11.3. The van der Waals surface area contributed by atoms with Gasteiger partial charge < -0.3 is 9.73 Å². The van der Waals surface area contributed by atoms with Gasteiger partial charge in [0.1, 0.15) is 5.82 Å². The molecule has 5 nitrogen and oxygen atoms in total. The van der Waals surface area contributed by atoms with E-state index >= 15 is 0 Å². The smallest absolute Gasteiger partial charge is 0.250 e. The maximum Gasteiger partial charge on any atom is 0.250 e. The van der Waals surface area contributed by atoms with E-state index < -0.39 is 0 Å². The molecule has 3 rings (SSSR count). The Morgan fingerprint density at radius 3 is 2.90 bits per heavy atom. The lowest BCUT2D eigenvalue weighted by molar-refractivity contribution is 0.213. The number of halogens is 1. The first kappa shape index (κ1) is 13.2. The standard InChI is InChI=1S/C14H17FN4O/c1-10-2-3-12(15)11(8-10)14-18-17-13(20-14)9-19-6-4-16-5-7-19/h2-3,8,16H,4-7,9H2,1H3. The zero-order chi connectivity index (χ0) is 13.9. The first-order valence-corrected chi connectivity index (χ1v) is 6.74. The highest BCUT2D eigenvalue weighted by atomic mass is 19.1. The van der Waals surface area contributed by atoms with E-state index in [0.29, 0.717) is 18.0 Å². The summed E-state index contributed by atoms with van der Waals surface area (Å²) in [6, 6.07) is 4.86. The van der Waals surface area contributed by atoms with Crippen molar-refractivity contribution in [3.63, 3.8) is 0 Å². The Balaban J connectivity index is 1.77. The van der Waals surface area contributed by atoms with Crippen LogP contribution in [0, 0.1) is 12.7 Å². The zero-order valence-electron chi connectivity index (χ0n) is 11.4. The molecule has 0 saturated carbocycles. The Labute approximate surface area is 116 Å². The minimum atomic E-state index is -0.340. The van der Waals surface area contributed by atoms with E-state index in [1.54, 1.807) is 12.1 Å². The molecule has 106 valence electrons. The van der Waals surface area contributed by atoms with Crippen LogP contribution in [-0.2, 0) is 6.54 Å². The van der Waals surface area contributed by atoms with E-state index in [1.807, 2.05) is 6.92 Å². The van der Waals surface area contributed by atoms with E-state index in [1.165, 1.54) is 6.07 Å². The highest BCUT2D eigenvalue weighted by Crippen LogP contribution is 2.23. The van der Waals surface area contributed by atoms with E-state index in [0.717, 1.165) is 31.7 Å². The Bertz CT molecular complexity index is 593. The lowest BCUT2D eigenvalue weighted by atomic mass is 10.1. The van der Waals surface area contributed by atoms with Gasteiger partial charge in [-0.3, -0.25) is 4.90 Å². The Morgan fingerprint density at radius 1 is 1.30 bits per heavy atom. The summed E-state index contributed by atoms with van der Waals surface area (Å²) < 4.78 is 19.4. The van der Waals surface area contributed by atoms with Gasteiger partial charge in [-0.2, -0.15) is 0 Å². The van der Waals surface area contributed by atoms with Crippen LogP contribution in [0.1, 0.15) is 11.5 Å².